The molecule has 1 rings (SSSR count). The molecule has 2 N–H and O–H groups in total. The van der Waals surface area contributed by atoms with Crippen molar-refractivity contribution in [1.82, 2.24) is 9.55 Å². The third kappa shape index (κ3) is 2.01. The molecule has 0 unspecified atom stereocenters. The molecule has 0 amide bonds. The lowest BCUT2D eigenvalue weighted by Gasteiger charge is -2.14. The molecule has 68 valence electrons. The van der Waals surface area contributed by atoms with Crippen LogP contribution in [-0.2, 0) is 6.54 Å². The second-order valence-electron chi connectivity index (χ2n) is 2.66. The third-order valence-electron chi connectivity index (χ3n) is 1.62. The Kier molecular flexibility index (Phi) is 2.42. The van der Waals surface area contributed by atoms with Crippen LogP contribution in [0.4, 0.5) is 8.78 Å². The number of hydrogen-bond acceptors (Lipinski definition) is 2. The van der Waals surface area contributed by atoms with Crippen LogP contribution >= 0.6 is 0 Å². The van der Waals surface area contributed by atoms with Gasteiger partial charge in [0.25, 0.3) is 5.92 Å². The summed E-state index contributed by atoms with van der Waals surface area (Å²) in [6.45, 7) is 0.645. The van der Waals surface area contributed by atoms with Crippen LogP contribution in [0.2, 0.25) is 0 Å². The Labute approximate surface area is 69.2 Å². The molecule has 12 heavy (non-hydrogen) atoms. The second kappa shape index (κ2) is 3.18. The van der Waals surface area contributed by atoms with E-state index in [1.165, 1.54) is 17.0 Å². The minimum Gasteiger partial charge on any atom is -0.329 e. The van der Waals surface area contributed by atoms with E-state index in [0.29, 0.717) is 5.82 Å². The maximum Gasteiger partial charge on any atom is 0.277 e. The van der Waals surface area contributed by atoms with Crippen LogP contribution in [0.3, 0.4) is 0 Å². The molecule has 0 aliphatic rings. The van der Waals surface area contributed by atoms with Gasteiger partial charge >= 0.3 is 0 Å². The monoisotopic (exact) mass is 175 g/mol. The van der Waals surface area contributed by atoms with Gasteiger partial charge in [-0.1, -0.05) is 0 Å². The zero-order chi connectivity index (χ0) is 9.19. The first kappa shape index (κ1) is 9.12. The van der Waals surface area contributed by atoms with Crippen molar-refractivity contribution in [3.8, 4) is 0 Å². The van der Waals surface area contributed by atoms with Crippen LogP contribution in [0.25, 0.3) is 0 Å². The first-order chi connectivity index (χ1) is 5.55. The molecule has 1 heterocycles. The Morgan fingerprint density at radius 1 is 1.67 bits per heavy atom. The summed E-state index contributed by atoms with van der Waals surface area (Å²) in [6.07, 6.45) is 3.00. The smallest absolute Gasteiger partial charge is 0.277 e. The van der Waals surface area contributed by atoms with Gasteiger partial charge in [-0.15, -0.1) is 0 Å². The largest absolute Gasteiger partial charge is 0.329 e. The van der Waals surface area contributed by atoms with Gasteiger partial charge in [-0.05, 0) is 6.92 Å². The van der Waals surface area contributed by atoms with E-state index < -0.39 is 19.0 Å². The molecule has 0 radical (unpaired) electrons. The predicted octanol–water partition coefficient (Wildman–Crippen LogP) is 0.786. The minimum atomic E-state index is -2.84. The quantitative estimate of drug-likeness (QED) is 0.737. The predicted molar refractivity (Wildman–Crippen MR) is 41.0 cm³/mol. The summed E-state index contributed by atoms with van der Waals surface area (Å²) >= 11 is 0. The molecule has 0 atom stereocenters. The summed E-state index contributed by atoms with van der Waals surface area (Å²) in [7, 11) is 0. The van der Waals surface area contributed by atoms with Gasteiger partial charge in [-0.3, -0.25) is 0 Å². The van der Waals surface area contributed by atoms with Gasteiger partial charge in [-0.2, -0.15) is 0 Å². The number of rotatable bonds is 3. The van der Waals surface area contributed by atoms with Crippen molar-refractivity contribution in [3.63, 3.8) is 0 Å². The van der Waals surface area contributed by atoms with E-state index in [0.717, 1.165) is 0 Å². The van der Waals surface area contributed by atoms with Crippen molar-refractivity contribution < 1.29 is 8.78 Å². The average molecular weight is 175 g/mol. The molecule has 1 aromatic heterocycles. The molecule has 0 aliphatic carbocycles. The summed E-state index contributed by atoms with van der Waals surface area (Å²) in [5, 5.41) is 0. The Hall–Kier alpha value is -0.970. The van der Waals surface area contributed by atoms with Crippen LogP contribution in [-0.4, -0.2) is 22.0 Å². The van der Waals surface area contributed by atoms with Crippen LogP contribution in [0, 0.1) is 6.92 Å². The fraction of sp³-hybridized carbons (Fsp3) is 0.571. The zero-order valence-electron chi connectivity index (χ0n) is 6.80. The fourth-order valence-electron chi connectivity index (χ4n) is 0.885. The number of nitrogens with zero attached hydrogens (tertiary/aromatic N) is 2. The van der Waals surface area contributed by atoms with Gasteiger partial charge in [0.2, 0.25) is 0 Å². The van der Waals surface area contributed by atoms with Crippen molar-refractivity contribution in [2.75, 3.05) is 6.54 Å². The van der Waals surface area contributed by atoms with Crippen LogP contribution < -0.4 is 5.73 Å². The van der Waals surface area contributed by atoms with Crippen molar-refractivity contribution in [2.24, 2.45) is 5.73 Å². The van der Waals surface area contributed by atoms with Crippen LogP contribution in [0.5, 0.6) is 0 Å². The van der Waals surface area contributed by atoms with Gasteiger partial charge in [-0.25, -0.2) is 13.8 Å². The van der Waals surface area contributed by atoms with E-state index in [1.807, 2.05) is 0 Å². The van der Waals surface area contributed by atoms with Gasteiger partial charge in [0.05, 0.1) is 13.1 Å². The lowest BCUT2D eigenvalue weighted by Crippen LogP contribution is -2.32. The van der Waals surface area contributed by atoms with Gasteiger partial charge in [0.15, 0.2) is 0 Å². The summed E-state index contributed by atoms with van der Waals surface area (Å²) in [5.74, 6) is -2.27. The molecular formula is C7H11F2N3. The summed E-state index contributed by atoms with van der Waals surface area (Å²) < 4.78 is 26.8. The van der Waals surface area contributed by atoms with Crippen molar-refractivity contribution in [2.45, 2.75) is 19.4 Å². The molecule has 0 saturated heterocycles. The van der Waals surface area contributed by atoms with Crippen LogP contribution in [0.1, 0.15) is 5.82 Å². The Balaban J connectivity index is 2.70. The maximum atomic E-state index is 12.7. The number of halogens is 2. The molecule has 5 heteroatoms. The third-order valence-corrected chi connectivity index (χ3v) is 1.62. The highest BCUT2D eigenvalue weighted by Gasteiger charge is 2.27. The Morgan fingerprint density at radius 3 is 2.75 bits per heavy atom. The number of hydrogen-bond donors (Lipinski definition) is 1. The Morgan fingerprint density at radius 2 is 2.33 bits per heavy atom. The second-order valence-corrected chi connectivity index (χ2v) is 2.66. The van der Waals surface area contributed by atoms with E-state index in [1.54, 1.807) is 6.92 Å². The number of aromatic nitrogens is 2. The highest BCUT2D eigenvalue weighted by Crippen LogP contribution is 2.14. The molecule has 0 aliphatic heterocycles. The lowest BCUT2D eigenvalue weighted by molar-refractivity contribution is -0.00715. The summed E-state index contributed by atoms with van der Waals surface area (Å²) in [4.78, 5) is 3.82. The summed E-state index contributed by atoms with van der Waals surface area (Å²) in [6, 6.07) is 0. The average Bonchev–Trinajstić information content (AvgIpc) is 2.36. The maximum absolute atomic E-state index is 12.7. The highest BCUT2D eigenvalue weighted by atomic mass is 19.3. The van der Waals surface area contributed by atoms with Gasteiger partial charge < -0.3 is 10.3 Å². The minimum absolute atomic E-state index is 0.394. The molecule has 0 saturated carbocycles. The molecule has 3 nitrogen and oxygen atoms in total. The van der Waals surface area contributed by atoms with Crippen LogP contribution in [0.15, 0.2) is 12.4 Å². The van der Waals surface area contributed by atoms with E-state index >= 15 is 0 Å². The van der Waals surface area contributed by atoms with Crippen molar-refractivity contribution >= 4 is 0 Å². The SMILES string of the molecule is Cc1nccn1CC(F)(F)CN. The number of imidazole rings is 1. The first-order valence-corrected chi connectivity index (χ1v) is 3.61. The van der Waals surface area contributed by atoms with E-state index in [-0.39, 0.29) is 0 Å². The Bertz CT molecular complexity index is 257. The van der Waals surface area contributed by atoms with E-state index in [9.17, 15) is 8.78 Å². The molecule has 0 aromatic carbocycles. The molecular weight excluding hydrogens is 164 g/mol. The highest BCUT2D eigenvalue weighted by molar-refractivity contribution is 4.90. The van der Waals surface area contributed by atoms with E-state index in [2.05, 4.69) is 4.98 Å². The van der Waals surface area contributed by atoms with Crippen molar-refractivity contribution in [3.05, 3.63) is 18.2 Å². The lowest BCUT2D eigenvalue weighted by atomic mass is 10.3. The first-order valence-electron chi connectivity index (χ1n) is 3.61. The van der Waals surface area contributed by atoms with Gasteiger partial charge in [0, 0.05) is 12.4 Å². The molecule has 0 fully saturated rings. The fourth-order valence-corrected chi connectivity index (χ4v) is 0.885. The number of nitrogens with two attached hydrogens (primary N) is 1. The van der Waals surface area contributed by atoms with E-state index in [4.69, 9.17) is 5.73 Å². The zero-order valence-corrected chi connectivity index (χ0v) is 6.80. The molecule has 0 spiro atoms. The van der Waals surface area contributed by atoms with Crippen molar-refractivity contribution in [1.29, 1.82) is 0 Å². The van der Waals surface area contributed by atoms with Gasteiger partial charge in [0.1, 0.15) is 5.82 Å². The summed E-state index contributed by atoms with van der Waals surface area (Å²) in [5.41, 5.74) is 4.89. The molecule has 0 bridgehead atoms. The number of alkyl halides is 2. The molecule has 1 aromatic rings. The normalized spacial score (nSPS) is 12.0. The number of aryl methyl sites for hydroxylation is 1. The standard InChI is InChI=1S/C7H11F2N3/c1-6-11-2-3-12(6)5-7(8,9)4-10/h2-3H,4-5,10H2,1H3. The topological polar surface area (TPSA) is 43.8 Å².